The van der Waals surface area contributed by atoms with Gasteiger partial charge in [-0.2, -0.15) is 5.26 Å². The Morgan fingerprint density at radius 1 is 1.44 bits per heavy atom. The van der Waals surface area contributed by atoms with E-state index in [1.54, 1.807) is 12.1 Å². The summed E-state index contributed by atoms with van der Waals surface area (Å²) >= 11 is 6.15. The summed E-state index contributed by atoms with van der Waals surface area (Å²) in [5.74, 6) is 0. The van der Waals surface area contributed by atoms with Crippen molar-refractivity contribution in [3.8, 4) is 6.07 Å². The van der Waals surface area contributed by atoms with Crippen LogP contribution in [0.4, 0.5) is 5.69 Å². The summed E-state index contributed by atoms with van der Waals surface area (Å²) in [6.45, 7) is 5.39. The van der Waals surface area contributed by atoms with E-state index in [2.05, 4.69) is 23.6 Å². The Kier molecular flexibility index (Phi) is 4.11. The van der Waals surface area contributed by atoms with Gasteiger partial charge in [0.25, 0.3) is 0 Å². The Labute approximate surface area is 113 Å². The van der Waals surface area contributed by atoms with Crippen LogP contribution in [0.2, 0.25) is 5.02 Å². The SMILES string of the molecule is CC1(CNc2ccc(C#N)cc2Cl)CCNCC1. The first-order valence-corrected chi connectivity index (χ1v) is 6.65. The molecule has 1 saturated heterocycles. The molecule has 3 nitrogen and oxygen atoms in total. The predicted molar refractivity (Wildman–Crippen MR) is 74.9 cm³/mol. The average Bonchev–Trinajstić information content (AvgIpc) is 2.38. The number of hydrogen-bond donors (Lipinski definition) is 2. The maximum atomic E-state index is 8.79. The molecule has 0 aliphatic carbocycles. The summed E-state index contributed by atoms with van der Waals surface area (Å²) < 4.78 is 0. The molecule has 0 atom stereocenters. The fourth-order valence-corrected chi connectivity index (χ4v) is 2.49. The molecule has 4 heteroatoms. The second kappa shape index (κ2) is 5.60. The highest BCUT2D eigenvalue weighted by molar-refractivity contribution is 6.33. The molecule has 1 aromatic rings. The summed E-state index contributed by atoms with van der Waals surface area (Å²) in [7, 11) is 0. The molecule has 0 bridgehead atoms. The highest BCUT2D eigenvalue weighted by Gasteiger charge is 2.26. The Morgan fingerprint density at radius 2 is 2.17 bits per heavy atom. The molecule has 0 aromatic heterocycles. The van der Waals surface area contributed by atoms with E-state index >= 15 is 0 Å². The molecule has 2 rings (SSSR count). The smallest absolute Gasteiger partial charge is 0.0992 e. The van der Waals surface area contributed by atoms with E-state index in [-0.39, 0.29) is 0 Å². The summed E-state index contributed by atoms with van der Waals surface area (Å²) in [5, 5.41) is 16.2. The van der Waals surface area contributed by atoms with Crippen molar-refractivity contribution in [1.29, 1.82) is 5.26 Å². The monoisotopic (exact) mass is 263 g/mol. The second-order valence-electron chi connectivity index (χ2n) is 5.22. The van der Waals surface area contributed by atoms with Crippen molar-refractivity contribution < 1.29 is 0 Å². The molecule has 18 heavy (non-hydrogen) atoms. The molecule has 1 heterocycles. The number of halogens is 1. The van der Waals surface area contributed by atoms with Gasteiger partial charge in [0, 0.05) is 6.54 Å². The van der Waals surface area contributed by atoms with Crippen molar-refractivity contribution in [3.05, 3.63) is 28.8 Å². The summed E-state index contributed by atoms with van der Waals surface area (Å²) in [5.41, 5.74) is 1.83. The van der Waals surface area contributed by atoms with Gasteiger partial charge in [0.1, 0.15) is 0 Å². The summed E-state index contributed by atoms with van der Waals surface area (Å²) in [6.07, 6.45) is 2.35. The van der Waals surface area contributed by atoms with Crippen LogP contribution in [0.15, 0.2) is 18.2 Å². The third kappa shape index (κ3) is 3.16. The van der Waals surface area contributed by atoms with Crippen molar-refractivity contribution in [2.75, 3.05) is 25.0 Å². The van der Waals surface area contributed by atoms with E-state index in [1.165, 1.54) is 12.8 Å². The highest BCUT2D eigenvalue weighted by Crippen LogP contribution is 2.30. The van der Waals surface area contributed by atoms with Crippen molar-refractivity contribution >= 4 is 17.3 Å². The Bertz CT molecular complexity index is 459. The lowest BCUT2D eigenvalue weighted by atomic mass is 9.81. The van der Waals surface area contributed by atoms with Crippen molar-refractivity contribution in [2.24, 2.45) is 5.41 Å². The van der Waals surface area contributed by atoms with Crippen molar-refractivity contribution in [3.63, 3.8) is 0 Å². The number of rotatable bonds is 3. The Balaban J connectivity index is 2.00. The van der Waals surface area contributed by atoms with Crippen LogP contribution in [-0.2, 0) is 0 Å². The van der Waals surface area contributed by atoms with Crippen LogP contribution in [0, 0.1) is 16.7 Å². The van der Waals surface area contributed by atoms with Crippen LogP contribution in [-0.4, -0.2) is 19.6 Å². The first kappa shape index (κ1) is 13.2. The van der Waals surface area contributed by atoms with Gasteiger partial charge in [-0.3, -0.25) is 0 Å². The van der Waals surface area contributed by atoms with Gasteiger partial charge < -0.3 is 10.6 Å². The largest absolute Gasteiger partial charge is 0.383 e. The molecule has 0 radical (unpaired) electrons. The molecule has 96 valence electrons. The van der Waals surface area contributed by atoms with Crippen molar-refractivity contribution in [2.45, 2.75) is 19.8 Å². The van der Waals surface area contributed by atoms with E-state index in [0.29, 0.717) is 16.0 Å². The lowest BCUT2D eigenvalue weighted by Crippen LogP contribution is -2.39. The molecule has 0 saturated carbocycles. The molecule has 0 amide bonds. The zero-order valence-electron chi connectivity index (χ0n) is 10.6. The number of hydrogen-bond acceptors (Lipinski definition) is 3. The van der Waals surface area contributed by atoms with E-state index in [9.17, 15) is 0 Å². The predicted octanol–water partition coefficient (Wildman–Crippen LogP) is 3.01. The molecule has 1 aliphatic rings. The van der Waals surface area contributed by atoms with E-state index < -0.39 is 0 Å². The van der Waals surface area contributed by atoms with Gasteiger partial charge in [-0.05, 0) is 49.5 Å². The number of anilines is 1. The standard InChI is InChI=1S/C14H18ClN3/c1-14(4-6-17-7-5-14)10-18-13-3-2-11(9-16)8-12(13)15/h2-3,8,17-18H,4-7,10H2,1H3. The molecular weight excluding hydrogens is 246 g/mol. The number of nitrogens with zero attached hydrogens (tertiary/aromatic N) is 1. The third-order valence-corrected chi connectivity index (χ3v) is 3.93. The zero-order valence-corrected chi connectivity index (χ0v) is 11.3. The minimum atomic E-state index is 0.322. The van der Waals surface area contributed by atoms with Gasteiger partial charge in [-0.1, -0.05) is 18.5 Å². The van der Waals surface area contributed by atoms with E-state index in [0.717, 1.165) is 25.3 Å². The molecule has 1 aliphatic heterocycles. The zero-order chi connectivity index (χ0) is 13.0. The normalized spacial score (nSPS) is 18.1. The van der Waals surface area contributed by atoms with Gasteiger partial charge in [-0.25, -0.2) is 0 Å². The molecule has 1 fully saturated rings. The maximum Gasteiger partial charge on any atom is 0.0992 e. The Morgan fingerprint density at radius 3 is 2.78 bits per heavy atom. The fourth-order valence-electron chi connectivity index (χ4n) is 2.24. The van der Waals surface area contributed by atoms with Crippen LogP contribution < -0.4 is 10.6 Å². The first-order chi connectivity index (χ1) is 8.63. The van der Waals surface area contributed by atoms with E-state index in [4.69, 9.17) is 16.9 Å². The van der Waals surface area contributed by atoms with Crippen molar-refractivity contribution in [1.82, 2.24) is 5.32 Å². The van der Waals surface area contributed by atoms with Gasteiger partial charge in [0.05, 0.1) is 22.3 Å². The minimum absolute atomic E-state index is 0.322. The minimum Gasteiger partial charge on any atom is -0.383 e. The number of nitriles is 1. The summed E-state index contributed by atoms with van der Waals surface area (Å²) in [6, 6.07) is 7.46. The van der Waals surface area contributed by atoms with Crippen LogP contribution >= 0.6 is 11.6 Å². The fraction of sp³-hybridized carbons (Fsp3) is 0.500. The lowest BCUT2D eigenvalue weighted by molar-refractivity contribution is 0.247. The number of benzene rings is 1. The van der Waals surface area contributed by atoms with Gasteiger partial charge in [0.15, 0.2) is 0 Å². The number of piperidine rings is 1. The molecule has 2 N–H and O–H groups in total. The third-order valence-electron chi connectivity index (χ3n) is 3.61. The second-order valence-corrected chi connectivity index (χ2v) is 5.63. The van der Waals surface area contributed by atoms with E-state index in [1.807, 2.05) is 6.07 Å². The quantitative estimate of drug-likeness (QED) is 0.881. The topological polar surface area (TPSA) is 47.9 Å². The van der Waals surface area contributed by atoms with Gasteiger partial charge in [-0.15, -0.1) is 0 Å². The highest BCUT2D eigenvalue weighted by atomic mass is 35.5. The van der Waals surface area contributed by atoms with Gasteiger partial charge in [0.2, 0.25) is 0 Å². The first-order valence-electron chi connectivity index (χ1n) is 6.27. The average molecular weight is 264 g/mol. The summed E-state index contributed by atoms with van der Waals surface area (Å²) in [4.78, 5) is 0. The Hall–Kier alpha value is -1.24. The van der Waals surface area contributed by atoms with Crippen LogP contribution in [0.3, 0.4) is 0 Å². The lowest BCUT2D eigenvalue weighted by Gasteiger charge is -2.34. The number of nitrogens with one attached hydrogen (secondary N) is 2. The molecule has 1 aromatic carbocycles. The molecule has 0 unspecified atom stereocenters. The molecular formula is C14H18ClN3. The van der Waals surface area contributed by atoms with Crippen LogP contribution in [0.25, 0.3) is 0 Å². The van der Waals surface area contributed by atoms with Crippen LogP contribution in [0.5, 0.6) is 0 Å². The maximum absolute atomic E-state index is 8.79. The van der Waals surface area contributed by atoms with Gasteiger partial charge >= 0.3 is 0 Å². The van der Waals surface area contributed by atoms with Crippen LogP contribution in [0.1, 0.15) is 25.3 Å². The molecule has 0 spiro atoms.